The number of carbonyl (C=O) groups is 2. The summed E-state index contributed by atoms with van der Waals surface area (Å²) in [6.45, 7) is 38.2. The molecular formula is C27H62O8Si6. The molecule has 2 atom stereocenters. The van der Waals surface area contributed by atoms with Gasteiger partial charge in [-0.2, -0.15) is 0 Å². The van der Waals surface area contributed by atoms with Gasteiger partial charge in [-0.25, -0.2) is 9.59 Å². The molecule has 2 unspecified atom stereocenters. The van der Waals surface area contributed by atoms with E-state index in [4.69, 9.17) is 27.2 Å². The van der Waals surface area contributed by atoms with Gasteiger partial charge >= 0.3 is 11.9 Å². The van der Waals surface area contributed by atoms with Crippen LogP contribution in [0, 0.1) is 0 Å². The highest BCUT2D eigenvalue weighted by atomic mass is 28.4. The van der Waals surface area contributed by atoms with Crippen molar-refractivity contribution >= 4 is 65.7 Å². The summed E-state index contributed by atoms with van der Waals surface area (Å²) in [7, 11) is -6.01. The van der Waals surface area contributed by atoms with E-state index in [1.807, 2.05) is 13.8 Å². The second kappa shape index (κ2) is 16.6. The van der Waals surface area contributed by atoms with E-state index in [-0.39, 0.29) is 18.2 Å². The van der Waals surface area contributed by atoms with Crippen LogP contribution in [0.15, 0.2) is 24.8 Å². The summed E-state index contributed by atoms with van der Waals surface area (Å²) in [5.74, 6) is -0.796. The van der Waals surface area contributed by atoms with E-state index < -0.39 is 50.1 Å². The van der Waals surface area contributed by atoms with Gasteiger partial charge in [0, 0.05) is 11.6 Å². The Hall–Kier alpha value is -0.439. The van der Waals surface area contributed by atoms with Crippen molar-refractivity contribution < 1.29 is 36.8 Å². The van der Waals surface area contributed by atoms with Crippen molar-refractivity contribution in [1.29, 1.82) is 0 Å². The maximum atomic E-state index is 11.9. The second-order valence-corrected chi connectivity index (χ2v) is 35.0. The zero-order valence-corrected chi connectivity index (χ0v) is 37.3. The Labute approximate surface area is 261 Å². The van der Waals surface area contributed by atoms with Crippen molar-refractivity contribution in [1.82, 2.24) is 0 Å². The van der Waals surface area contributed by atoms with Crippen LogP contribution < -0.4 is 0 Å². The zero-order chi connectivity index (χ0) is 33.3. The van der Waals surface area contributed by atoms with Crippen molar-refractivity contribution in [3.63, 3.8) is 0 Å². The summed E-state index contributed by atoms with van der Waals surface area (Å²) >= 11 is 0. The van der Waals surface area contributed by atoms with Gasteiger partial charge < -0.3 is 27.2 Å². The lowest BCUT2D eigenvalue weighted by Crippen LogP contribution is -2.58. The molecule has 0 aliphatic heterocycles. The van der Waals surface area contributed by atoms with Gasteiger partial charge in [-0.15, -0.1) is 0 Å². The number of esters is 2. The summed E-state index contributed by atoms with van der Waals surface area (Å²) in [6.07, 6.45) is 1.76. The Morgan fingerprint density at radius 3 is 1.15 bits per heavy atom. The van der Waals surface area contributed by atoms with Crippen LogP contribution in [0.2, 0.25) is 78.6 Å². The Kier molecular flexibility index (Phi) is 17.3. The summed E-state index contributed by atoms with van der Waals surface area (Å²) in [5.41, 5.74) is -1.13. The normalized spacial score (nSPS) is 14.9. The number of rotatable bonds is 16. The van der Waals surface area contributed by atoms with Crippen molar-refractivity contribution in [2.45, 2.75) is 135 Å². The maximum absolute atomic E-state index is 11.9. The molecule has 0 aliphatic carbocycles. The number of ether oxygens (including phenoxy) is 2. The molecule has 0 spiro atoms. The standard InChI is InChI=1S/C14H32O4Si3.C13H30O4Si3/c1-10-12(16-13(15)11(2)3)14(19,17-20(4,5)6)18-21(7,8)9;1-9-11(15-12(14)10-2)13(18,16-19(3,4)5)17-20(6,7)8/h12H,2,10H2,1,3-9,19H3;10-11H,2,9H2,1,3-8,18H3. The third-order valence-electron chi connectivity index (χ3n) is 4.97. The molecule has 0 amide bonds. The van der Waals surface area contributed by atoms with E-state index in [0.29, 0.717) is 38.9 Å². The monoisotopic (exact) mass is 682 g/mol. The summed E-state index contributed by atoms with van der Waals surface area (Å²) in [5, 5.41) is 0. The molecule has 0 heterocycles. The first-order chi connectivity index (χ1) is 18.0. The molecule has 0 aromatic heterocycles. The Bertz CT molecular complexity index is 837. The smallest absolute Gasteiger partial charge is 0.333 e. The highest BCUT2D eigenvalue weighted by Crippen LogP contribution is 2.30. The first kappa shape index (κ1) is 42.7. The quantitative estimate of drug-likeness (QED) is 0.0991. The van der Waals surface area contributed by atoms with Crippen LogP contribution >= 0.6 is 0 Å². The fourth-order valence-corrected chi connectivity index (χ4v) is 18.4. The lowest BCUT2D eigenvalue weighted by Gasteiger charge is -2.44. The molecule has 0 aromatic carbocycles. The molecule has 14 heteroatoms. The van der Waals surface area contributed by atoms with Crippen LogP contribution in [-0.4, -0.2) is 88.7 Å². The summed E-state index contributed by atoms with van der Waals surface area (Å²) in [4.78, 5) is 23.4. The predicted octanol–water partition coefficient (Wildman–Crippen LogP) is 4.82. The number of hydrogen-bond acceptors (Lipinski definition) is 8. The lowest BCUT2D eigenvalue weighted by molar-refractivity contribution is -0.177. The minimum absolute atomic E-state index is 0.375. The summed E-state index contributed by atoms with van der Waals surface area (Å²) in [6, 6.07) is 0. The van der Waals surface area contributed by atoms with Crippen LogP contribution in [0.3, 0.4) is 0 Å². The Morgan fingerprint density at radius 1 is 0.683 bits per heavy atom. The minimum Gasteiger partial charge on any atom is -0.454 e. The van der Waals surface area contributed by atoms with Gasteiger partial charge in [-0.05, 0) is 98.3 Å². The van der Waals surface area contributed by atoms with Gasteiger partial charge in [0.25, 0.3) is 0 Å². The fraction of sp³-hybridized carbons (Fsp3) is 0.778. The van der Waals surface area contributed by atoms with Gasteiger partial charge in [0.2, 0.25) is 0 Å². The SMILES string of the molecule is C=C(C)C(=O)OC(CC)C([SiH3])(O[Si](C)(C)C)O[Si](C)(C)C.C=CC(=O)OC(CC)C([SiH3])(O[Si](C)(C)C)O[Si](C)(C)C. The van der Waals surface area contributed by atoms with E-state index >= 15 is 0 Å². The molecular weight excluding hydrogens is 621 g/mol. The zero-order valence-electron chi connectivity index (χ0n) is 29.3. The van der Waals surface area contributed by atoms with Crippen molar-refractivity contribution in [3.05, 3.63) is 24.8 Å². The molecule has 0 saturated carbocycles. The van der Waals surface area contributed by atoms with E-state index in [1.54, 1.807) is 6.92 Å². The molecule has 0 saturated heterocycles. The second-order valence-electron chi connectivity index (χ2n) is 14.5. The fourth-order valence-electron chi connectivity index (χ4n) is 4.28. The number of carbonyl (C=O) groups excluding carboxylic acids is 2. The van der Waals surface area contributed by atoms with Gasteiger partial charge in [0.05, 0.1) is 20.5 Å². The molecule has 41 heavy (non-hydrogen) atoms. The minimum atomic E-state index is -1.83. The topological polar surface area (TPSA) is 89.5 Å². The van der Waals surface area contributed by atoms with Gasteiger partial charge in [-0.3, -0.25) is 0 Å². The molecule has 0 radical (unpaired) electrons. The van der Waals surface area contributed by atoms with Crippen LogP contribution in [0.1, 0.15) is 33.6 Å². The molecule has 8 nitrogen and oxygen atoms in total. The van der Waals surface area contributed by atoms with E-state index in [1.165, 1.54) is 6.08 Å². The third-order valence-corrected chi connectivity index (χ3v) is 12.8. The van der Waals surface area contributed by atoms with Crippen LogP contribution in [0.5, 0.6) is 0 Å². The maximum Gasteiger partial charge on any atom is 0.333 e. The Balaban J connectivity index is 0. The summed E-state index contributed by atoms with van der Waals surface area (Å²) < 4.78 is 36.4. The molecule has 242 valence electrons. The van der Waals surface area contributed by atoms with Crippen molar-refractivity contribution in [3.8, 4) is 0 Å². The van der Waals surface area contributed by atoms with E-state index in [0.717, 1.165) is 0 Å². The molecule has 0 aromatic rings. The van der Waals surface area contributed by atoms with Crippen LogP contribution in [0.25, 0.3) is 0 Å². The molecule has 0 fully saturated rings. The van der Waals surface area contributed by atoms with Gasteiger partial charge in [-0.1, -0.05) is 27.0 Å². The van der Waals surface area contributed by atoms with Crippen molar-refractivity contribution in [2.24, 2.45) is 0 Å². The average molecular weight is 683 g/mol. The van der Waals surface area contributed by atoms with E-state index in [2.05, 4.69) is 91.7 Å². The third kappa shape index (κ3) is 19.5. The average Bonchev–Trinajstić information content (AvgIpc) is 2.69. The number of hydrogen-bond donors (Lipinski definition) is 0. The largest absolute Gasteiger partial charge is 0.454 e. The lowest BCUT2D eigenvalue weighted by atomic mass is 10.2. The van der Waals surface area contributed by atoms with Crippen LogP contribution in [0.4, 0.5) is 0 Å². The van der Waals surface area contributed by atoms with E-state index in [9.17, 15) is 9.59 Å². The van der Waals surface area contributed by atoms with Crippen LogP contribution in [-0.2, 0) is 36.8 Å². The predicted molar refractivity (Wildman–Crippen MR) is 188 cm³/mol. The highest BCUT2D eigenvalue weighted by Gasteiger charge is 2.45. The molecule has 0 N–H and O–H groups in total. The van der Waals surface area contributed by atoms with Gasteiger partial charge in [0.15, 0.2) is 44.1 Å². The van der Waals surface area contributed by atoms with Crippen molar-refractivity contribution in [2.75, 3.05) is 0 Å². The first-order valence-corrected chi connectivity index (χ1v) is 30.2. The molecule has 0 rings (SSSR count). The highest BCUT2D eigenvalue weighted by molar-refractivity contribution is 6.72. The Morgan fingerprint density at radius 2 is 0.951 bits per heavy atom. The molecule has 0 aliphatic rings. The van der Waals surface area contributed by atoms with Gasteiger partial charge in [0.1, 0.15) is 12.2 Å². The first-order valence-electron chi connectivity index (χ1n) is 14.5. The molecule has 0 bridgehead atoms.